The van der Waals surface area contributed by atoms with Gasteiger partial charge in [0, 0.05) is 18.5 Å². The Hall–Kier alpha value is -0.960. The number of amides is 1. The molecule has 1 amide bonds. The minimum absolute atomic E-state index is 0.0637. The number of hydrogen-bond acceptors (Lipinski definition) is 2. The molecular formula is C14H20ClNO2. The fourth-order valence-electron chi connectivity index (χ4n) is 2.70. The summed E-state index contributed by atoms with van der Waals surface area (Å²) in [5.41, 5.74) is 0.672. The maximum atomic E-state index is 12.5. The molecule has 1 aliphatic rings. The summed E-state index contributed by atoms with van der Waals surface area (Å²) in [6.07, 6.45) is 7.47. The quantitative estimate of drug-likeness (QED) is 0.783. The summed E-state index contributed by atoms with van der Waals surface area (Å²) < 4.78 is 5.22. The van der Waals surface area contributed by atoms with Crippen LogP contribution in [0.4, 0.5) is 0 Å². The molecule has 0 aromatic carbocycles. The van der Waals surface area contributed by atoms with Crippen molar-refractivity contribution in [2.45, 2.75) is 45.1 Å². The van der Waals surface area contributed by atoms with E-state index >= 15 is 0 Å². The van der Waals surface area contributed by atoms with Crippen molar-refractivity contribution in [3.63, 3.8) is 0 Å². The molecule has 0 spiro atoms. The first-order chi connectivity index (χ1) is 8.74. The van der Waals surface area contributed by atoms with Gasteiger partial charge < -0.3 is 9.32 Å². The number of rotatable bonds is 4. The molecule has 1 fully saturated rings. The minimum Gasteiger partial charge on any atom is -0.469 e. The number of carbonyl (C=O) groups excluding carboxylic acids is 1. The van der Waals surface area contributed by atoms with Crippen molar-refractivity contribution in [1.82, 2.24) is 4.90 Å². The fourth-order valence-corrected chi connectivity index (χ4v) is 2.88. The average molecular weight is 270 g/mol. The van der Waals surface area contributed by atoms with Crippen molar-refractivity contribution >= 4 is 17.5 Å². The first-order valence-electron chi connectivity index (χ1n) is 6.65. The van der Waals surface area contributed by atoms with Crippen LogP contribution >= 0.6 is 11.6 Å². The normalized spacial score (nSPS) is 16.8. The van der Waals surface area contributed by atoms with E-state index in [1.807, 2.05) is 11.8 Å². The molecule has 0 radical (unpaired) electrons. The molecule has 0 atom stereocenters. The molecule has 1 aliphatic carbocycles. The molecule has 1 saturated carbocycles. The number of carbonyl (C=O) groups is 1. The average Bonchev–Trinajstić information content (AvgIpc) is 2.82. The minimum atomic E-state index is 0.0637. The summed E-state index contributed by atoms with van der Waals surface area (Å²) >= 11 is 5.84. The number of aryl methyl sites for hydroxylation is 1. The topological polar surface area (TPSA) is 33.5 Å². The third kappa shape index (κ3) is 2.89. The van der Waals surface area contributed by atoms with Crippen LogP contribution in [-0.4, -0.2) is 29.3 Å². The molecular weight excluding hydrogens is 250 g/mol. The van der Waals surface area contributed by atoms with Gasteiger partial charge in [-0.3, -0.25) is 4.79 Å². The molecule has 0 N–H and O–H groups in total. The summed E-state index contributed by atoms with van der Waals surface area (Å²) in [5.74, 6) is 1.24. The van der Waals surface area contributed by atoms with Crippen LogP contribution in [0.2, 0.25) is 0 Å². The second kappa shape index (κ2) is 6.28. The molecule has 0 unspecified atom stereocenters. The first-order valence-corrected chi connectivity index (χ1v) is 7.18. The molecule has 3 nitrogen and oxygen atoms in total. The van der Waals surface area contributed by atoms with E-state index in [1.54, 1.807) is 12.3 Å². The summed E-state index contributed by atoms with van der Waals surface area (Å²) in [4.78, 5) is 14.5. The van der Waals surface area contributed by atoms with Crippen LogP contribution in [-0.2, 0) is 0 Å². The summed E-state index contributed by atoms with van der Waals surface area (Å²) in [6, 6.07) is 2.10. The van der Waals surface area contributed by atoms with E-state index < -0.39 is 0 Å². The third-order valence-electron chi connectivity index (χ3n) is 3.69. The highest BCUT2D eigenvalue weighted by molar-refractivity contribution is 6.18. The van der Waals surface area contributed by atoms with E-state index in [9.17, 15) is 4.79 Å². The predicted octanol–water partition coefficient (Wildman–Crippen LogP) is 3.60. The highest BCUT2D eigenvalue weighted by atomic mass is 35.5. The zero-order chi connectivity index (χ0) is 13.0. The van der Waals surface area contributed by atoms with Gasteiger partial charge in [-0.15, -0.1) is 11.6 Å². The SMILES string of the molecule is Cc1occc1C(=O)N(CCCl)C1CCCCC1. The van der Waals surface area contributed by atoms with Gasteiger partial charge in [0.15, 0.2) is 0 Å². The summed E-state index contributed by atoms with van der Waals surface area (Å²) in [5, 5.41) is 0. The van der Waals surface area contributed by atoms with Crippen molar-refractivity contribution in [3.8, 4) is 0 Å². The predicted molar refractivity (Wildman–Crippen MR) is 72.1 cm³/mol. The number of hydrogen-bond donors (Lipinski definition) is 0. The van der Waals surface area contributed by atoms with Crippen molar-refractivity contribution in [2.75, 3.05) is 12.4 Å². The maximum Gasteiger partial charge on any atom is 0.257 e. The van der Waals surface area contributed by atoms with Gasteiger partial charge in [0.05, 0.1) is 11.8 Å². The molecule has 1 aromatic heterocycles. The number of halogens is 1. The van der Waals surface area contributed by atoms with Gasteiger partial charge in [-0.25, -0.2) is 0 Å². The van der Waals surface area contributed by atoms with Gasteiger partial charge in [0.2, 0.25) is 0 Å². The zero-order valence-electron chi connectivity index (χ0n) is 10.8. The highest BCUT2D eigenvalue weighted by Crippen LogP contribution is 2.25. The Kier molecular flexibility index (Phi) is 4.70. The lowest BCUT2D eigenvalue weighted by Gasteiger charge is -2.34. The van der Waals surface area contributed by atoms with Crippen LogP contribution in [0, 0.1) is 6.92 Å². The van der Waals surface area contributed by atoms with Crippen LogP contribution in [0.25, 0.3) is 0 Å². The van der Waals surface area contributed by atoms with E-state index in [2.05, 4.69) is 0 Å². The molecule has 1 heterocycles. The number of alkyl halides is 1. The van der Waals surface area contributed by atoms with Gasteiger partial charge >= 0.3 is 0 Å². The second-order valence-corrected chi connectivity index (χ2v) is 5.25. The van der Waals surface area contributed by atoms with E-state index in [0.717, 1.165) is 12.8 Å². The lowest BCUT2D eigenvalue weighted by Crippen LogP contribution is -2.42. The van der Waals surface area contributed by atoms with Gasteiger partial charge in [-0.05, 0) is 25.8 Å². The van der Waals surface area contributed by atoms with Gasteiger partial charge in [0.1, 0.15) is 5.76 Å². The van der Waals surface area contributed by atoms with Gasteiger partial charge in [-0.1, -0.05) is 19.3 Å². The van der Waals surface area contributed by atoms with Crippen LogP contribution in [0.5, 0.6) is 0 Å². The molecule has 4 heteroatoms. The van der Waals surface area contributed by atoms with Crippen LogP contribution in [0.15, 0.2) is 16.7 Å². The monoisotopic (exact) mass is 269 g/mol. The Balaban J connectivity index is 2.13. The molecule has 0 aliphatic heterocycles. The Labute approximate surface area is 113 Å². The third-order valence-corrected chi connectivity index (χ3v) is 3.86. The van der Waals surface area contributed by atoms with Gasteiger partial charge in [-0.2, -0.15) is 0 Å². The van der Waals surface area contributed by atoms with Crippen molar-refractivity contribution in [2.24, 2.45) is 0 Å². The summed E-state index contributed by atoms with van der Waals surface area (Å²) in [7, 11) is 0. The van der Waals surface area contributed by atoms with E-state index in [0.29, 0.717) is 29.8 Å². The zero-order valence-corrected chi connectivity index (χ0v) is 11.6. The number of furan rings is 1. The molecule has 1 aromatic rings. The smallest absolute Gasteiger partial charge is 0.257 e. The second-order valence-electron chi connectivity index (χ2n) is 4.87. The van der Waals surface area contributed by atoms with Crippen molar-refractivity contribution < 1.29 is 9.21 Å². The highest BCUT2D eigenvalue weighted by Gasteiger charge is 2.27. The number of nitrogens with zero attached hydrogens (tertiary/aromatic N) is 1. The first kappa shape index (κ1) is 13.5. The van der Waals surface area contributed by atoms with Crippen LogP contribution in [0.1, 0.15) is 48.2 Å². The molecule has 0 bridgehead atoms. The molecule has 0 saturated heterocycles. The largest absolute Gasteiger partial charge is 0.469 e. The van der Waals surface area contributed by atoms with E-state index in [1.165, 1.54) is 19.3 Å². The maximum absolute atomic E-state index is 12.5. The van der Waals surface area contributed by atoms with E-state index in [-0.39, 0.29) is 5.91 Å². The lowest BCUT2D eigenvalue weighted by atomic mass is 9.93. The van der Waals surface area contributed by atoms with E-state index in [4.69, 9.17) is 16.0 Å². The van der Waals surface area contributed by atoms with Gasteiger partial charge in [0.25, 0.3) is 5.91 Å². The Morgan fingerprint density at radius 1 is 1.44 bits per heavy atom. The standard InChI is InChI=1S/C14H20ClNO2/c1-11-13(7-10-18-11)14(17)16(9-8-15)12-5-3-2-4-6-12/h7,10,12H,2-6,8-9H2,1H3. The molecule has 2 rings (SSSR count). The molecule has 18 heavy (non-hydrogen) atoms. The lowest BCUT2D eigenvalue weighted by molar-refractivity contribution is 0.0648. The van der Waals surface area contributed by atoms with Crippen molar-refractivity contribution in [3.05, 3.63) is 23.7 Å². The Bertz CT molecular complexity index is 396. The van der Waals surface area contributed by atoms with Crippen molar-refractivity contribution in [1.29, 1.82) is 0 Å². The summed E-state index contributed by atoms with van der Waals surface area (Å²) in [6.45, 7) is 2.45. The van der Waals surface area contributed by atoms with Crippen LogP contribution in [0.3, 0.4) is 0 Å². The molecule has 100 valence electrons. The Morgan fingerprint density at radius 2 is 2.17 bits per heavy atom. The Morgan fingerprint density at radius 3 is 2.72 bits per heavy atom. The van der Waals surface area contributed by atoms with Crippen LogP contribution < -0.4 is 0 Å². The fraction of sp³-hybridized carbons (Fsp3) is 0.643.